The van der Waals surface area contributed by atoms with Crippen molar-refractivity contribution >= 4 is 23.8 Å². The third-order valence-corrected chi connectivity index (χ3v) is 3.56. The number of nitrogens with two attached hydrogens (primary N) is 1. The second-order valence-electron chi connectivity index (χ2n) is 5.08. The van der Waals surface area contributed by atoms with E-state index in [1.54, 1.807) is 7.05 Å². The Hall–Kier alpha value is -2.37. The van der Waals surface area contributed by atoms with Crippen LogP contribution in [0, 0.1) is 5.41 Å². The fraction of sp³-hybridized carbons (Fsp3) is 0.400. The van der Waals surface area contributed by atoms with Crippen LogP contribution in [0.2, 0.25) is 0 Å². The minimum absolute atomic E-state index is 0.0355. The highest BCUT2D eigenvalue weighted by Crippen LogP contribution is 2.28. The van der Waals surface area contributed by atoms with Crippen molar-refractivity contribution in [2.45, 2.75) is 25.8 Å². The van der Waals surface area contributed by atoms with Crippen LogP contribution in [0.15, 0.2) is 23.2 Å². The lowest BCUT2D eigenvalue weighted by Gasteiger charge is -2.26. The molecule has 0 saturated carbocycles. The second-order valence-corrected chi connectivity index (χ2v) is 5.08. The molecule has 0 aromatic heterocycles. The van der Waals surface area contributed by atoms with Gasteiger partial charge in [0.05, 0.1) is 12.5 Å². The van der Waals surface area contributed by atoms with E-state index in [9.17, 15) is 4.79 Å². The standard InChI is InChI=1S/C15H21N5O/c1-3-6-18-12-7-10(4-5-11(12)9-16)13-8-14(21)20(2)15(17)19-13/h4-5,7,9,13,16,18H,3,6,8H2,1-2H3,(H2,17,19). The number of amides is 1. The van der Waals surface area contributed by atoms with Crippen molar-refractivity contribution in [2.75, 3.05) is 18.9 Å². The number of nitrogens with one attached hydrogen (secondary N) is 2. The molecule has 0 radical (unpaired) electrons. The average molecular weight is 287 g/mol. The zero-order valence-corrected chi connectivity index (χ0v) is 12.4. The van der Waals surface area contributed by atoms with Crippen molar-refractivity contribution in [1.29, 1.82) is 5.41 Å². The minimum atomic E-state index is -0.254. The van der Waals surface area contributed by atoms with Gasteiger partial charge in [0.15, 0.2) is 5.96 Å². The third-order valence-electron chi connectivity index (χ3n) is 3.56. The summed E-state index contributed by atoms with van der Waals surface area (Å²) in [5.74, 6) is 0.210. The molecular weight excluding hydrogens is 266 g/mol. The van der Waals surface area contributed by atoms with Crippen molar-refractivity contribution in [3.63, 3.8) is 0 Å². The van der Waals surface area contributed by atoms with E-state index in [0.717, 1.165) is 29.8 Å². The Labute approximate surface area is 124 Å². The lowest BCUT2D eigenvalue weighted by atomic mass is 9.99. The summed E-state index contributed by atoms with van der Waals surface area (Å²) in [6.45, 7) is 2.92. The number of guanidine groups is 1. The first-order valence-corrected chi connectivity index (χ1v) is 7.05. The fourth-order valence-electron chi connectivity index (χ4n) is 2.23. The molecule has 1 aliphatic rings. The van der Waals surface area contributed by atoms with E-state index in [4.69, 9.17) is 11.1 Å². The first kappa shape index (κ1) is 15.0. The largest absolute Gasteiger partial charge is 0.385 e. The number of aliphatic imine (C=N–C) groups is 1. The van der Waals surface area contributed by atoms with E-state index >= 15 is 0 Å². The van der Waals surface area contributed by atoms with Gasteiger partial charge < -0.3 is 16.5 Å². The van der Waals surface area contributed by atoms with Gasteiger partial charge in [-0.05, 0) is 18.1 Å². The van der Waals surface area contributed by atoms with Gasteiger partial charge in [-0.3, -0.25) is 9.69 Å². The van der Waals surface area contributed by atoms with E-state index in [0.29, 0.717) is 6.42 Å². The molecule has 112 valence electrons. The van der Waals surface area contributed by atoms with Gasteiger partial charge in [0.2, 0.25) is 5.91 Å². The van der Waals surface area contributed by atoms with Crippen LogP contribution in [-0.2, 0) is 4.79 Å². The molecule has 0 bridgehead atoms. The van der Waals surface area contributed by atoms with Crippen LogP contribution >= 0.6 is 0 Å². The van der Waals surface area contributed by atoms with Crippen LogP contribution in [0.1, 0.15) is 36.9 Å². The molecular formula is C15H21N5O. The molecule has 0 fully saturated rings. The van der Waals surface area contributed by atoms with Crippen LogP contribution in [0.5, 0.6) is 0 Å². The van der Waals surface area contributed by atoms with Crippen LogP contribution < -0.4 is 11.1 Å². The highest BCUT2D eigenvalue weighted by atomic mass is 16.2. The Morgan fingerprint density at radius 3 is 2.95 bits per heavy atom. The highest BCUT2D eigenvalue weighted by molar-refractivity contribution is 5.98. The number of hydrogen-bond donors (Lipinski definition) is 3. The molecule has 2 rings (SSSR count). The predicted molar refractivity (Wildman–Crippen MR) is 84.9 cm³/mol. The van der Waals surface area contributed by atoms with Gasteiger partial charge >= 0.3 is 0 Å². The Balaban J connectivity index is 2.32. The highest BCUT2D eigenvalue weighted by Gasteiger charge is 2.25. The average Bonchev–Trinajstić information content (AvgIpc) is 2.49. The molecule has 1 heterocycles. The summed E-state index contributed by atoms with van der Waals surface area (Å²) in [7, 11) is 1.63. The summed E-state index contributed by atoms with van der Waals surface area (Å²) in [5.41, 5.74) is 8.42. The van der Waals surface area contributed by atoms with Gasteiger partial charge in [-0.1, -0.05) is 19.1 Å². The predicted octanol–water partition coefficient (Wildman–Crippen LogP) is 1.72. The number of benzene rings is 1. The molecule has 1 unspecified atom stereocenters. The Bertz CT molecular complexity index is 581. The number of carbonyl (C=O) groups is 1. The van der Waals surface area contributed by atoms with Gasteiger partial charge in [0.25, 0.3) is 0 Å². The quantitative estimate of drug-likeness (QED) is 0.720. The van der Waals surface area contributed by atoms with E-state index < -0.39 is 0 Å². The van der Waals surface area contributed by atoms with Gasteiger partial charge in [-0.15, -0.1) is 0 Å². The van der Waals surface area contributed by atoms with Crippen molar-refractivity contribution in [3.05, 3.63) is 29.3 Å². The topological polar surface area (TPSA) is 94.6 Å². The van der Waals surface area contributed by atoms with Crippen molar-refractivity contribution in [2.24, 2.45) is 10.7 Å². The molecule has 1 aromatic carbocycles. The first-order valence-electron chi connectivity index (χ1n) is 7.05. The van der Waals surface area contributed by atoms with Crippen LogP contribution in [0.3, 0.4) is 0 Å². The number of anilines is 1. The molecule has 1 atom stereocenters. The molecule has 6 heteroatoms. The summed E-state index contributed by atoms with van der Waals surface area (Å²) in [4.78, 5) is 17.6. The molecule has 1 amide bonds. The maximum Gasteiger partial charge on any atom is 0.231 e. The first-order chi connectivity index (χ1) is 10.1. The number of nitrogens with zero attached hydrogens (tertiary/aromatic N) is 2. The Morgan fingerprint density at radius 2 is 2.33 bits per heavy atom. The summed E-state index contributed by atoms with van der Waals surface area (Å²) in [6.07, 6.45) is 2.63. The monoisotopic (exact) mass is 287 g/mol. The molecule has 1 aliphatic heterocycles. The SMILES string of the molecule is CCCNc1cc(C2CC(=O)N(C)C(N)=N2)ccc1C=N. The molecule has 1 aromatic rings. The van der Waals surface area contributed by atoms with Gasteiger partial charge in [0.1, 0.15) is 0 Å². The maximum absolute atomic E-state index is 11.9. The number of rotatable bonds is 5. The molecule has 0 aliphatic carbocycles. The van der Waals surface area contributed by atoms with Crippen molar-refractivity contribution < 1.29 is 4.79 Å². The zero-order valence-electron chi connectivity index (χ0n) is 12.4. The van der Waals surface area contributed by atoms with Gasteiger partial charge in [-0.25, -0.2) is 4.99 Å². The van der Waals surface area contributed by atoms with E-state index in [-0.39, 0.29) is 17.9 Å². The summed E-state index contributed by atoms with van der Waals surface area (Å²) < 4.78 is 0. The van der Waals surface area contributed by atoms with Gasteiger partial charge in [-0.2, -0.15) is 0 Å². The summed E-state index contributed by atoms with van der Waals surface area (Å²) in [6, 6.07) is 5.47. The summed E-state index contributed by atoms with van der Waals surface area (Å²) in [5, 5.41) is 10.8. The van der Waals surface area contributed by atoms with Crippen LogP contribution in [0.25, 0.3) is 0 Å². The van der Waals surface area contributed by atoms with Gasteiger partial charge in [0, 0.05) is 31.1 Å². The van der Waals surface area contributed by atoms with E-state index in [2.05, 4.69) is 17.2 Å². The second kappa shape index (κ2) is 6.39. The normalized spacial score (nSPS) is 18.4. The third kappa shape index (κ3) is 3.21. The Morgan fingerprint density at radius 1 is 1.57 bits per heavy atom. The summed E-state index contributed by atoms with van der Waals surface area (Å²) >= 11 is 0. The molecule has 6 nitrogen and oxygen atoms in total. The molecule has 0 saturated heterocycles. The fourth-order valence-corrected chi connectivity index (χ4v) is 2.23. The smallest absolute Gasteiger partial charge is 0.231 e. The van der Waals surface area contributed by atoms with E-state index in [1.807, 2.05) is 18.2 Å². The van der Waals surface area contributed by atoms with Crippen molar-refractivity contribution in [3.8, 4) is 0 Å². The van der Waals surface area contributed by atoms with Crippen LogP contribution in [-0.4, -0.2) is 36.6 Å². The molecule has 4 N–H and O–H groups in total. The van der Waals surface area contributed by atoms with Crippen LogP contribution in [0.4, 0.5) is 5.69 Å². The number of carbonyl (C=O) groups excluding carboxylic acids is 1. The van der Waals surface area contributed by atoms with Crippen molar-refractivity contribution in [1.82, 2.24) is 4.90 Å². The maximum atomic E-state index is 11.9. The lowest BCUT2D eigenvalue weighted by molar-refractivity contribution is -0.127. The lowest BCUT2D eigenvalue weighted by Crippen LogP contribution is -2.42. The van der Waals surface area contributed by atoms with E-state index in [1.165, 1.54) is 11.1 Å². The minimum Gasteiger partial charge on any atom is -0.385 e. The molecule has 0 spiro atoms. The Kier molecular flexibility index (Phi) is 4.57. The molecule has 21 heavy (non-hydrogen) atoms. The number of hydrogen-bond acceptors (Lipinski definition) is 5. The zero-order chi connectivity index (χ0) is 15.4.